The Hall–Kier alpha value is -0.370. The van der Waals surface area contributed by atoms with Crippen LogP contribution in [0.2, 0.25) is 0 Å². The normalized spacial score (nSPS) is 28.2. The van der Waals surface area contributed by atoms with Gasteiger partial charge in [0.25, 0.3) is 0 Å². The average molecular weight is 226 g/mol. The molecule has 94 valence electrons. The van der Waals surface area contributed by atoms with Gasteiger partial charge in [-0.2, -0.15) is 0 Å². The molecule has 1 heterocycles. The fraction of sp³-hybridized carbons (Fsp3) is 0.929. The number of carbonyl (C=O) groups excluding carboxylic acids is 1. The molecule has 1 saturated heterocycles. The summed E-state index contributed by atoms with van der Waals surface area (Å²) in [6.45, 7) is 6.69. The summed E-state index contributed by atoms with van der Waals surface area (Å²) in [6.07, 6.45) is 5.75. The van der Waals surface area contributed by atoms with E-state index in [-0.39, 0.29) is 0 Å². The molecule has 1 aliphatic heterocycles. The topological polar surface area (TPSA) is 17.1 Å². The molecule has 1 aliphatic rings. The quantitative estimate of drug-likeness (QED) is 0.503. The third kappa shape index (κ3) is 4.25. The Morgan fingerprint density at radius 3 is 2.38 bits per heavy atom. The zero-order valence-electron chi connectivity index (χ0n) is 11.5. The second-order valence-corrected chi connectivity index (χ2v) is 6.18. The molecule has 0 aromatic carbocycles. The van der Waals surface area contributed by atoms with E-state index in [4.69, 9.17) is 0 Å². The van der Waals surface area contributed by atoms with Crippen LogP contribution in [0.25, 0.3) is 0 Å². The van der Waals surface area contributed by atoms with Gasteiger partial charge in [0.05, 0.1) is 27.2 Å². The summed E-state index contributed by atoms with van der Waals surface area (Å²) in [7, 11) is 4.69. The zero-order chi connectivity index (χ0) is 12.2. The van der Waals surface area contributed by atoms with Crippen molar-refractivity contribution in [3.05, 3.63) is 0 Å². The van der Waals surface area contributed by atoms with Crippen LogP contribution in [-0.4, -0.2) is 37.5 Å². The average Bonchev–Trinajstić information content (AvgIpc) is 2.48. The Kier molecular flexibility index (Phi) is 4.97. The van der Waals surface area contributed by atoms with Crippen molar-refractivity contribution in [3.63, 3.8) is 0 Å². The van der Waals surface area contributed by atoms with E-state index in [9.17, 15) is 4.79 Å². The minimum absolute atomic E-state index is 0.342. The molecule has 0 unspecified atom stereocenters. The molecule has 0 N–H and O–H groups in total. The number of likely N-dealkylation sites (tertiary alicyclic amines) is 1. The lowest BCUT2D eigenvalue weighted by Gasteiger charge is -2.23. The van der Waals surface area contributed by atoms with Crippen LogP contribution in [0.1, 0.15) is 46.0 Å². The van der Waals surface area contributed by atoms with E-state index < -0.39 is 0 Å². The summed E-state index contributed by atoms with van der Waals surface area (Å²) >= 11 is 0. The molecule has 0 bridgehead atoms. The molecule has 16 heavy (non-hydrogen) atoms. The molecule has 0 aromatic rings. The number of hydrogen-bond donors (Lipinski definition) is 0. The molecular formula is C14H28NO+. The third-order valence-electron chi connectivity index (χ3n) is 4.00. The third-order valence-corrected chi connectivity index (χ3v) is 4.00. The Balaban J connectivity index is 2.28. The molecular weight excluding hydrogens is 198 g/mol. The molecule has 1 rings (SSSR count). The Morgan fingerprint density at radius 2 is 1.81 bits per heavy atom. The van der Waals surface area contributed by atoms with Crippen LogP contribution in [0, 0.1) is 11.8 Å². The first-order chi connectivity index (χ1) is 7.44. The predicted molar refractivity (Wildman–Crippen MR) is 68.3 cm³/mol. The number of unbranched alkanes of at least 4 members (excludes halogenated alkanes) is 1. The molecule has 0 radical (unpaired) electrons. The van der Waals surface area contributed by atoms with Gasteiger partial charge in [-0.05, 0) is 26.2 Å². The number of nitrogens with zero attached hydrogens (tertiary/aromatic N) is 1. The molecule has 0 saturated carbocycles. The molecule has 2 heteroatoms. The van der Waals surface area contributed by atoms with Crippen molar-refractivity contribution in [1.82, 2.24) is 0 Å². The maximum absolute atomic E-state index is 10.9. The summed E-state index contributed by atoms with van der Waals surface area (Å²) in [5, 5.41) is 0. The number of Topliss-reactive ketones (excluding diaryl/α,β-unsaturated/α-hetero) is 1. The lowest BCUT2D eigenvalue weighted by molar-refractivity contribution is -0.880. The molecule has 2 nitrogen and oxygen atoms in total. The van der Waals surface area contributed by atoms with Crippen LogP contribution < -0.4 is 0 Å². The Labute approximate surface area is 101 Å². The summed E-state index contributed by atoms with van der Waals surface area (Å²) < 4.78 is 1.19. The van der Waals surface area contributed by atoms with Crippen molar-refractivity contribution < 1.29 is 9.28 Å². The number of hydrogen-bond acceptors (Lipinski definition) is 1. The van der Waals surface area contributed by atoms with Crippen molar-refractivity contribution in [1.29, 1.82) is 0 Å². The SMILES string of the molecule is CC[C@H]1C[N+](C)(C)C[C@H]1CCCCC(C)=O. The second-order valence-electron chi connectivity index (χ2n) is 6.18. The van der Waals surface area contributed by atoms with E-state index in [1.165, 1.54) is 36.8 Å². The predicted octanol–water partition coefficient (Wildman–Crippen LogP) is 2.87. The molecule has 0 amide bonds. The minimum atomic E-state index is 0.342. The zero-order valence-corrected chi connectivity index (χ0v) is 11.5. The minimum Gasteiger partial charge on any atom is -0.328 e. The van der Waals surface area contributed by atoms with E-state index in [2.05, 4.69) is 21.0 Å². The molecule has 1 fully saturated rings. The van der Waals surface area contributed by atoms with Crippen LogP contribution in [0.15, 0.2) is 0 Å². The van der Waals surface area contributed by atoms with Gasteiger partial charge >= 0.3 is 0 Å². The highest BCUT2D eigenvalue weighted by atomic mass is 16.1. The number of quaternary nitrogens is 1. The van der Waals surface area contributed by atoms with Crippen LogP contribution >= 0.6 is 0 Å². The van der Waals surface area contributed by atoms with Crippen molar-refractivity contribution in [2.45, 2.75) is 46.0 Å². The standard InChI is InChI=1S/C14H28NO/c1-5-13-10-15(3,4)11-14(13)9-7-6-8-12(2)16/h13-14H,5-11H2,1-4H3/q+1/t13-,14+/m0/s1. The van der Waals surface area contributed by atoms with Crippen molar-refractivity contribution in [2.24, 2.45) is 11.8 Å². The van der Waals surface area contributed by atoms with Crippen LogP contribution in [0.3, 0.4) is 0 Å². The van der Waals surface area contributed by atoms with Gasteiger partial charge in [0.2, 0.25) is 0 Å². The number of rotatable bonds is 6. The summed E-state index contributed by atoms with van der Waals surface area (Å²) in [4.78, 5) is 10.9. The van der Waals surface area contributed by atoms with Crippen molar-refractivity contribution >= 4 is 5.78 Å². The van der Waals surface area contributed by atoms with E-state index in [0.29, 0.717) is 5.78 Å². The van der Waals surface area contributed by atoms with Gasteiger partial charge in [-0.15, -0.1) is 0 Å². The van der Waals surface area contributed by atoms with Gasteiger partial charge in [-0.25, -0.2) is 0 Å². The van der Waals surface area contributed by atoms with Crippen molar-refractivity contribution in [3.8, 4) is 0 Å². The van der Waals surface area contributed by atoms with E-state index in [1.54, 1.807) is 6.92 Å². The van der Waals surface area contributed by atoms with Gasteiger partial charge < -0.3 is 9.28 Å². The van der Waals surface area contributed by atoms with Gasteiger partial charge in [-0.1, -0.05) is 13.3 Å². The van der Waals surface area contributed by atoms with E-state index in [0.717, 1.165) is 24.7 Å². The highest BCUT2D eigenvalue weighted by Gasteiger charge is 2.38. The monoisotopic (exact) mass is 226 g/mol. The van der Waals surface area contributed by atoms with Gasteiger partial charge in [-0.3, -0.25) is 0 Å². The molecule has 2 atom stereocenters. The van der Waals surface area contributed by atoms with Crippen molar-refractivity contribution in [2.75, 3.05) is 27.2 Å². The first kappa shape index (κ1) is 13.7. The maximum atomic E-state index is 10.9. The summed E-state index contributed by atoms with van der Waals surface area (Å²) in [5.41, 5.74) is 0. The second kappa shape index (κ2) is 5.81. The Bertz CT molecular complexity index is 235. The van der Waals surface area contributed by atoms with Gasteiger partial charge in [0.15, 0.2) is 0 Å². The smallest absolute Gasteiger partial charge is 0.129 e. The van der Waals surface area contributed by atoms with E-state index in [1.807, 2.05) is 0 Å². The fourth-order valence-corrected chi connectivity index (χ4v) is 3.21. The molecule has 0 aromatic heterocycles. The lowest BCUT2D eigenvalue weighted by Crippen LogP contribution is -2.36. The van der Waals surface area contributed by atoms with Crippen LogP contribution in [0.4, 0.5) is 0 Å². The molecule has 0 spiro atoms. The highest BCUT2D eigenvalue weighted by Crippen LogP contribution is 2.32. The van der Waals surface area contributed by atoms with Crippen LogP contribution in [0.5, 0.6) is 0 Å². The maximum Gasteiger partial charge on any atom is 0.129 e. The van der Waals surface area contributed by atoms with E-state index >= 15 is 0 Å². The lowest BCUT2D eigenvalue weighted by atomic mass is 9.89. The number of ketones is 1. The highest BCUT2D eigenvalue weighted by molar-refractivity contribution is 5.75. The van der Waals surface area contributed by atoms with Gasteiger partial charge in [0, 0.05) is 18.3 Å². The Morgan fingerprint density at radius 1 is 1.19 bits per heavy atom. The van der Waals surface area contributed by atoms with Crippen LogP contribution in [-0.2, 0) is 4.79 Å². The number of carbonyl (C=O) groups is 1. The first-order valence-corrected chi connectivity index (χ1v) is 6.76. The summed E-state index contributed by atoms with van der Waals surface area (Å²) in [6, 6.07) is 0. The summed E-state index contributed by atoms with van der Waals surface area (Å²) in [5.74, 6) is 2.15. The van der Waals surface area contributed by atoms with Gasteiger partial charge in [0.1, 0.15) is 5.78 Å². The molecule has 0 aliphatic carbocycles. The first-order valence-electron chi connectivity index (χ1n) is 6.76. The largest absolute Gasteiger partial charge is 0.328 e. The fourth-order valence-electron chi connectivity index (χ4n) is 3.21.